The van der Waals surface area contributed by atoms with Gasteiger partial charge in [0.05, 0.1) is 36.6 Å². The summed E-state index contributed by atoms with van der Waals surface area (Å²) in [5, 5.41) is 26.0. The topological polar surface area (TPSA) is 145 Å². The second-order valence-electron chi connectivity index (χ2n) is 14.4. The quantitative estimate of drug-likeness (QED) is 0.380. The van der Waals surface area contributed by atoms with Crippen LogP contribution in [0.2, 0.25) is 0 Å². The third-order valence-corrected chi connectivity index (χ3v) is 12.2. The summed E-state index contributed by atoms with van der Waals surface area (Å²) >= 11 is 0. The molecule has 10 nitrogen and oxygen atoms in total. The van der Waals surface area contributed by atoms with E-state index in [0.717, 1.165) is 11.1 Å². The zero-order valence-electron chi connectivity index (χ0n) is 25.6. The molecule has 0 radical (unpaired) electrons. The van der Waals surface area contributed by atoms with Crippen LogP contribution < -0.4 is 0 Å². The highest BCUT2D eigenvalue weighted by atomic mass is 16.6. The van der Waals surface area contributed by atoms with Crippen molar-refractivity contribution in [3.05, 3.63) is 52.2 Å². The molecule has 2 saturated carbocycles. The predicted octanol–water partition coefficient (Wildman–Crippen LogP) is 4.32. The van der Waals surface area contributed by atoms with E-state index in [1.807, 2.05) is 27.7 Å². The van der Waals surface area contributed by atoms with Crippen molar-refractivity contribution in [1.82, 2.24) is 4.98 Å². The van der Waals surface area contributed by atoms with E-state index >= 15 is 0 Å². The number of pyridine rings is 1. The highest BCUT2D eigenvalue weighted by Gasteiger charge is 2.88. The van der Waals surface area contributed by atoms with Crippen LogP contribution >= 0.6 is 0 Å². The number of ether oxygens (including phenoxy) is 3. The fourth-order valence-corrected chi connectivity index (χ4v) is 10.5. The van der Waals surface area contributed by atoms with Crippen molar-refractivity contribution in [3.63, 3.8) is 0 Å². The second kappa shape index (κ2) is 8.47. The van der Waals surface area contributed by atoms with Crippen LogP contribution in [0.15, 0.2) is 23.0 Å². The van der Waals surface area contributed by atoms with Gasteiger partial charge in [-0.05, 0) is 54.2 Å². The van der Waals surface area contributed by atoms with Gasteiger partial charge in [0.15, 0.2) is 5.60 Å². The number of carbonyl (C=O) groups excluding carboxylic acids is 3. The molecule has 9 atom stereocenters. The molecule has 2 aromatic heterocycles. The molecule has 3 heterocycles. The summed E-state index contributed by atoms with van der Waals surface area (Å²) in [5.41, 5.74) is -3.28. The molecule has 4 aliphatic carbocycles. The summed E-state index contributed by atoms with van der Waals surface area (Å²) < 4.78 is 22.6. The van der Waals surface area contributed by atoms with Gasteiger partial charge in [-0.3, -0.25) is 14.6 Å². The number of fused-ring (bicyclic) bond motifs is 3. The summed E-state index contributed by atoms with van der Waals surface area (Å²) in [7, 11) is 1.33. The van der Waals surface area contributed by atoms with Crippen molar-refractivity contribution in [2.24, 2.45) is 16.7 Å². The number of aromatic nitrogens is 1. The molecular weight excluding hydrogens is 554 g/mol. The van der Waals surface area contributed by atoms with E-state index in [-0.39, 0.29) is 30.4 Å². The zero-order valence-corrected chi connectivity index (χ0v) is 25.6. The lowest BCUT2D eigenvalue weighted by molar-refractivity contribution is -0.285. The van der Waals surface area contributed by atoms with Gasteiger partial charge < -0.3 is 28.8 Å². The molecule has 5 aliphatic rings. The molecule has 2 aromatic rings. The van der Waals surface area contributed by atoms with Crippen LogP contribution in [0.25, 0.3) is 0 Å². The lowest BCUT2D eigenvalue weighted by Crippen LogP contribution is -2.73. The molecule has 2 bridgehead atoms. The first-order valence-corrected chi connectivity index (χ1v) is 15.1. The number of rotatable bonds is 5. The molecular formula is C33H39NO9. The van der Waals surface area contributed by atoms with Crippen LogP contribution in [-0.4, -0.2) is 51.9 Å². The molecule has 0 unspecified atom stereocenters. The average Bonchev–Trinajstić information content (AvgIpc) is 3.58. The van der Waals surface area contributed by atoms with Crippen LogP contribution in [-0.2, 0) is 34.8 Å². The van der Waals surface area contributed by atoms with Crippen LogP contribution in [0.4, 0.5) is 0 Å². The average molecular weight is 594 g/mol. The Labute approximate surface area is 250 Å². The standard InChI is InChI=1S/C33H39NO9/c1-15(2)24-22-23-21-18(8-10-29(23,4)26(43-27(22)37)17-9-11-41-13-17)31(6)19(12-20(36)40-7)30(5)14-32(31,38)33(39,25(21)34-24)28(30)42-16(3)35/h9,11,13,15,18-19,26,28,38-39H,8,10,12,14H2,1-7H3/t18-,19-,26-,28-,29+,30+,31+,32+,33+/m0/s1. The molecule has 2 fully saturated rings. The van der Waals surface area contributed by atoms with E-state index in [1.165, 1.54) is 14.0 Å². The Hall–Kier alpha value is -3.24. The minimum atomic E-state index is -2.09. The number of nitrogens with zero attached hydrogens (tertiary/aromatic N) is 1. The van der Waals surface area contributed by atoms with E-state index < -0.39 is 63.5 Å². The number of methoxy groups -OCH3 is 1. The molecule has 7 rings (SSSR count). The number of carbonyl (C=O) groups is 3. The maximum Gasteiger partial charge on any atom is 0.340 e. The van der Waals surface area contributed by atoms with Gasteiger partial charge >= 0.3 is 17.9 Å². The maximum atomic E-state index is 13.9. The van der Waals surface area contributed by atoms with Gasteiger partial charge in [-0.15, -0.1) is 0 Å². The molecule has 0 amide bonds. The van der Waals surface area contributed by atoms with Gasteiger partial charge in [-0.1, -0.05) is 34.6 Å². The number of cyclic esters (lactones) is 1. The van der Waals surface area contributed by atoms with Crippen LogP contribution in [0.1, 0.15) is 124 Å². The smallest absolute Gasteiger partial charge is 0.340 e. The van der Waals surface area contributed by atoms with E-state index in [2.05, 4.69) is 6.92 Å². The minimum Gasteiger partial charge on any atom is -0.472 e. The van der Waals surface area contributed by atoms with E-state index in [1.54, 1.807) is 18.6 Å². The number of aliphatic hydroxyl groups is 2. The van der Waals surface area contributed by atoms with Gasteiger partial charge in [0, 0.05) is 35.2 Å². The first-order valence-electron chi connectivity index (χ1n) is 15.1. The van der Waals surface area contributed by atoms with Crippen molar-refractivity contribution < 1.29 is 43.2 Å². The Balaban J connectivity index is 1.60. The second-order valence-corrected chi connectivity index (χ2v) is 14.4. The van der Waals surface area contributed by atoms with Crippen molar-refractivity contribution in [3.8, 4) is 0 Å². The molecule has 230 valence electrons. The SMILES string of the molecule is COC(=O)C[C@H]1[C@@]2(C)C[C@@]3(O)[C@]1(C)[C@H]1CC[C@]4(C)c5c(c(C(C)C)nc(c51)[C@@]3(O)[C@H]2OC(C)=O)C(=O)O[C@H]4c1ccoc1. The minimum absolute atomic E-state index is 0.0257. The Morgan fingerprint density at radius 3 is 2.53 bits per heavy atom. The van der Waals surface area contributed by atoms with E-state index in [4.69, 9.17) is 23.6 Å². The third kappa shape index (κ3) is 3.02. The normalized spacial score (nSPS) is 41.6. The highest BCUT2D eigenvalue weighted by molar-refractivity contribution is 5.95. The van der Waals surface area contributed by atoms with Crippen molar-refractivity contribution in [1.29, 1.82) is 0 Å². The molecule has 1 aliphatic heterocycles. The molecule has 43 heavy (non-hydrogen) atoms. The van der Waals surface area contributed by atoms with Gasteiger partial charge in [-0.25, -0.2) is 4.79 Å². The fraction of sp³-hybridized carbons (Fsp3) is 0.636. The maximum absolute atomic E-state index is 13.9. The number of hydrogen-bond donors (Lipinski definition) is 2. The Morgan fingerprint density at radius 1 is 1.21 bits per heavy atom. The highest BCUT2D eigenvalue weighted by Crippen LogP contribution is 2.82. The van der Waals surface area contributed by atoms with Gasteiger partial charge in [0.1, 0.15) is 17.8 Å². The summed E-state index contributed by atoms with van der Waals surface area (Å²) in [4.78, 5) is 44.5. The molecule has 0 saturated heterocycles. The summed E-state index contributed by atoms with van der Waals surface area (Å²) in [6, 6.07) is 1.79. The summed E-state index contributed by atoms with van der Waals surface area (Å²) in [5.74, 6) is -2.64. The number of esters is 3. The van der Waals surface area contributed by atoms with Crippen LogP contribution in [0.3, 0.4) is 0 Å². The molecule has 10 heteroatoms. The van der Waals surface area contributed by atoms with Gasteiger partial charge in [0.25, 0.3) is 0 Å². The monoisotopic (exact) mass is 593 g/mol. The fourth-order valence-electron chi connectivity index (χ4n) is 10.5. The van der Waals surface area contributed by atoms with Crippen molar-refractivity contribution in [2.75, 3.05) is 7.11 Å². The first kappa shape index (κ1) is 28.5. The zero-order chi connectivity index (χ0) is 31.1. The Morgan fingerprint density at radius 2 is 1.93 bits per heavy atom. The lowest BCUT2D eigenvalue weighted by Gasteiger charge is -2.66. The predicted molar refractivity (Wildman–Crippen MR) is 150 cm³/mol. The Bertz CT molecular complexity index is 1580. The van der Waals surface area contributed by atoms with E-state index in [9.17, 15) is 24.6 Å². The van der Waals surface area contributed by atoms with E-state index in [0.29, 0.717) is 29.7 Å². The van der Waals surface area contributed by atoms with Crippen molar-refractivity contribution in [2.45, 2.75) is 108 Å². The van der Waals surface area contributed by atoms with Gasteiger partial charge in [0.2, 0.25) is 0 Å². The van der Waals surface area contributed by atoms with Crippen LogP contribution in [0, 0.1) is 16.7 Å². The number of furan rings is 1. The summed E-state index contributed by atoms with van der Waals surface area (Å²) in [6.07, 6.45) is 2.58. The third-order valence-electron chi connectivity index (χ3n) is 12.2. The molecule has 0 spiro atoms. The first-order chi connectivity index (χ1) is 20.1. The Kier molecular flexibility index (Phi) is 5.62. The van der Waals surface area contributed by atoms with Crippen LogP contribution in [0.5, 0.6) is 0 Å². The number of hydrogen-bond acceptors (Lipinski definition) is 10. The molecule has 0 aromatic carbocycles. The summed E-state index contributed by atoms with van der Waals surface area (Å²) in [6.45, 7) is 11.0. The largest absolute Gasteiger partial charge is 0.472 e. The molecule has 2 N–H and O–H groups in total. The van der Waals surface area contributed by atoms with Gasteiger partial charge in [-0.2, -0.15) is 0 Å². The van der Waals surface area contributed by atoms with Crippen molar-refractivity contribution >= 4 is 17.9 Å². The lowest BCUT2D eigenvalue weighted by atomic mass is 9.42.